The monoisotopic (exact) mass is 282 g/mol. The minimum atomic E-state index is -4.52. The first-order chi connectivity index (χ1) is 9.50. The highest BCUT2D eigenvalue weighted by atomic mass is 19.4. The maximum atomic E-state index is 12.8. The van der Waals surface area contributed by atoms with Gasteiger partial charge in [-0.25, -0.2) is 9.97 Å². The average Bonchev–Trinajstić information content (AvgIpc) is 2.45. The van der Waals surface area contributed by atoms with Crippen LogP contribution in [0.15, 0.2) is 30.5 Å². The van der Waals surface area contributed by atoms with E-state index in [2.05, 4.69) is 20.3 Å². The van der Waals surface area contributed by atoms with Gasteiger partial charge in [0.05, 0.1) is 11.4 Å². The third-order valence-electron chi connectivity index (χ3n) is 2.48. The summed E-state index contributed by atoms with van der Waals surface area (Å²) >= 11 is 0. The Bertz CT molecular complexity index is 570. The molecule has 106 valence electrons. The van der Waals surface area contributed by atoms with Crippen molar-refractivity contribution in [1.82, 2.24) is 15.0 Å². The van der Waals surface area contributed by atoms with Crippen LogP contribution in [0, 0.1) is 0 Å². The fraction of sp³-hybridized carbons (Fsp3) is 0.308. The van der Waals surface area contributed by atoms with E-state index in [1.165, 1.54) is 6.20 Å². The van der Waals surface area contributed by atoms with Crippen LogP contribution >= 0.6 is 0 Å². The molecule has 0 amide bonds. The topological polar surface area (TPSA) is 50.7 Å². The summed E-state index contributed by atoms with van der Waals surface area (Å²) in [5.74, 6) is -0.0395. The number of halogens is 3. The van der Waals surface area contributed by atoms with Crippen molar-refractivity contribution in [2.45, 2.75) is 19.5 Å². The number of nitrogens with one attached hydrogen (secondary N) is 1. The molecule has 0 bridgehead atoms. The van der Waals surface area contributed by atoms with Gasteiger partial charge in [0, 0.05) is 12.7 Å². The van der Waals surface area contributed by atoms with Crippen LogP contribution in [0.5, 0.6) is 0 Å². The van der Waals surface area contributed by atoms with E-state index in [1.807, 2.05) is 6.92 Å². The fourth-order valence-electron chi connectivity index (χ4n) is 1.55. The third-order valence-corrected chi connectivity index (χ3v) is 2.48. The molecule has 2 aromatic rings. The van der Waals surface area contributed by atoms with Gasteiger partial charge in [-0.2, -0.15) is 13.2 Å². The number of alkyl halides is 3. The maximum absolute atomic E-state index is 12.8. The van der Waals surface area contributed by atoms with E-state index in [0.29, 0.717) is 12.2 Å². The van der Waals surface area contributed by atoms with E-state index in [9.17, 15) is 13.2 Å². The highest BCUT2D eigenvalue weighted by molar-refractivity contribution is 5.56. The molecule has 0 atom stereocenters. The van der Waals surface area contributed by atoms with Gasteiger partial charge < -0.3 is 5.32 Å². The van der Waals surface area contributed by atoms with Gasteiger partial charge in [-0.05, 0) is 24.6 Å². The van der Waals surface area contributed by atoms with Gasteiger partial charge >= 0.3 is 6.18 Å². The normalized spacial score (nSPS) is 11.4. The van der Waals surface area contributed by atoms with Crippen LogP contribution in [-0.4, -0.2) is 21.5 Å². The Kier molecular flexibility index (Phi) is 4.16. The molecule has 0 radical (unpaired) electrons. The molecule has 0 saturated carbocycles. The lowest BCUT2D eigenvalue weighted by molar-refractivity contribution is -0.141. The molecular weight excluding hydrogens is 269 g/mol. The van der Waals surface area contributed by atoms with E-state index in [0.717, 1.165) is 12.5 Å². The van der Waals surface area contributed by atoms with Crippen LogP contribution in [0.3, 0.4) is 0 Å². The number of rotatable bonds is 4. The van der Waals surface area contributed by atoms with Crippen molar-refractivity contribution >= 4 is 5.95 Å². The summed E-state index contributed by atoms with van der Waals surface area (Å²) in [6.07, 6.45) is -2.25. The van der Waals surface area contributed by atoms with Gasteiger partial charge in [0.25, 0.3) is 0 Å². The van der Waals surface area contributed by atoms with Crippen molar-refractivity contribution in [3.05, 3.63) is 36.2 Å². The summed E-state index contributed by atoms with van der Waals surface area (Å²) in [4.78, 5) is 11.6. The first kappa shape index (κ1) is 14.2. The van der Waals surface area contributed by atoms with E-state index in [1.54, 1.807) is 18.2 Å². The van der Waals surface area contributed by atoms with Crippen molar-refractivity contribution in [2.75, 3.05) is 11.9 Å². The molecule has 0 aliphatic rings. The van der Waals surface area contributed by atoms with E-state index >= 15 is 0 Å². The van der Waals surface area contributed by atoms with Crippen LogP contribution in [0.2, 0.25) is 0 Å². The molecule has 4 nitrogen and oxygen atoms in total. The number of aromatic nitrogens is 3. The van der Waals surface area contributed by atoms with Crippen LogP contribution in [-0.2, 0) is 6.18 Å². The second-order valence-electron chi connectivity index (χ2n) is 4.10. The highest BCUT2D eigenvalue weighted by Gasteiger charge is 2.33. The zero-order valence-electron chi connectivity index (χ0n) is 10.8. The zero-order chi connectivity index (χ0) is 14.6. The molecule has 20 heavy (non-hydrogen) atoms. The molecule has 0 spiro atoms. The van der Waals surface area contributed by atoms with Gasteiger partial charge in [-0.1, -0.05) is 13.0 Å². The van der Waals surface area contributed by atoms with Crippen molar-refractivity contribution < 1.29 is 13.2 Å². The molecule has 0 unspecified atom stereocenters. The third kappa shape index (κ3) is 3.43. The predicted molar refractivity (Wildman–Crippen MR) is 69.0 cm³/mol. The second-order valence-corrected chi connectivity index (χ2v) is 4.10. The minimum absolute atomic E-state index is 0.0395. The Morgan fingerprint density at radius 2 is 1.95 bits per heavy atom. The highest BCUT2D eigenvalue weighted by Crippen LogP contribution is 2.30. The Morgan fingerprint density at radius 1 is 1.15 bits per heavy atom. The predicted octanol–water partition coefficient (Wildman–Crippen LogP) is 3.38. The fourth-order valence-corrected chi connectivity index (χ4v) is 1.55. The number of anilines is 1. The van der Waals surface area contributed by atoms with E-state index in [-0.39, 0.29) is 11.6 Å². The van der Waals surface area contributed by atoms with Crippen molar-refractivity contribution in [3.8, 4) is 11.4 Å². The van der Waals surface area contributed by atoms with Gasteiger partial charge in [-0.3, -0.25) is 4.98 Å². The molecule has 1 N–H and O–H groups in total. The molecule has 0 aromatic carbocycles. The minimum Gasteiger partial charge on any atom is -0.354 e. The standard InChI is InChI=1S/C13H13F3N4/c1-2-6-18-12-19-10(9-5-3-4-7-17-9)8-11(20-12)13(14,15)16/h3-5,7-8H,2,6H2,1H3,(H,18,19,20). The van der Waals surface area contributed by atoms with Crippen LogP contribution in [0.1, 0.15) is 19.0 Å². The van der Waals surface area contributed by atoms with Crippen molar-refractivity contribution in [1.29, 1.82) is 0 Å². The molecule has 2 aromatic heterocycles. The SMILES string of the molecule is CCCNc1nc(-c2ccccn2)cc(C(F)(F)F)n1. The molecule has 0 aliphatic carbocycles. The second kappa shape index (κ2) is 5.85. The quantitative estimate of drug-likeness (QED) is 0.934. The van der Waals surface area contributed by atoms with Crippen molar-refractivity contribution in [3.63, 3.8) is 0 Å². The maximum Gasteiger partial charge on any atom is 0.433 e. The Morgan fingerprint density at radius 3 is 2.55 bits per heavy atom. The van der Waals surface area contributed by atoms with E-state index in [4.69, 9.17) is 0 Å². The van der Waals surface area contributed by atoms with Gasteiger partial charge in [0.15, 0.2) is 5.69 Å². The molecule has 2 heterocycles. The first-order valence-electron chi connectivity index (χ1n) is 6.12. The van der Waals surface area contributed by atoms with Crippen LogP contribution in [0.4, 0.5) is 19.1 Å². The zero-order valence-corrected chi connectivity index (χ0v) is 10.8. The van der Waals surface area contributed by atoms with Crippen molar-refractivity contribution in [2.24, 2.45) is 0 Å². The Labute approximate surface area is 114 Å². The van der Waals surface area contributed by atoms with Crippen LogP contribution in [0.25, 0.3) is 11.4 Å². The summed E-state index contributed by atoms with van der Waals surface area (Å²) in [5, 5.41) is 2.77. The van der Waals surface area contributed by atoms with E-state index < -0.39 is 11.9 Å². The lowest BCUT2D eigenvalue weighted by Crippen LogP contribution is -2.13. The van der Waals surface area contributed by atoms with Gasteiger partial charge in [0.2, 0.25) is 5.95 Å². The molecular formula is C13H13F3N4. The Balaban J connectivity index is 2.46. The van der Waals surface area contributed by atoms with Gasteiger partial charge in [0.1, 0.15) is 0 Å². The number of hydrogen-bond acceptors (Lipinski definition) is 4. The molecule has 7 heteroatoms. The number of hydrogen-bond donors (Lipinski definition) is 1. The molecule has 0 saturated heterocycles. The largest absolute Gasteiger partial charge is 0.433 e. The first-order valence-corrected chi connectivity index (χ1v) is 6.12. The molecule has 0 aliphatic heterocycles. The number of pyridine rings is 1. The summed E-state index contributed by atoms with van der Waals surface area (Å²) in [7, 11) is 0. The summed E-state index contributed by atoms with van der Waals surface area (Å²) in [6.45, 7) is 2.41. The summed E-state index contributed by atoms with van der Waals surface area (Å²) < 4.78 is 38.5. The lowest BCUT2D eigenvalue weighted by Gasteiger charge is -2.11. The molecule has 2 rings (SSSR count). The summed E-state index contributed by atoms with van der Waals surface area (Å²) in [5.41, 5.74) is -0.460. The molecule has 0 fully saturated rings. The Hall–Kier alpha value is -2.18. The smallest absolute Gasteiger partial charge is 0.354 e. The lowest BCUT2D eigenvalue weighted by atomic mass is 10.2. The average molecular weight is 282 g/mol. The van der Waals surface area contributed by atoms with Crippen LogP contribution < -0.4 is 5.32 Å². The number of nitrogens with zero attached hydrogens (tertiary/aromatic N) is 3. The van der Waals surface area contributed by atoms with Gasteiger partial charge in [-0.15, -0.1) is 0 Å². The summed E-state index contributed by atoms with van der Waals surface area (Å²) in [6, 6.07) is 5.88.